The molecule has 108 valence electrons. The zero-order valence-corrected chi connectivity index (χ0v) is 11.1. The summed E-state index contributed by atoms with van der Waals surface area (Å²) in [6.45, 7) is 0.327. The molecule has 0 aliphatic rings. The van der Waals surface area contributed by atoms with E-state index in [9.17, 15) is 4.39 Å². The lowest BCUT2D eigenvalue weighted by Gasteiger charge is -2.03. The van der Waals surface area contributed by atoms with Crippen molar-refractivity contribution < 1.29 is 9.50 Å². The highest BCUT2D eigenvalue weighted by atomic mass is 19.1. The van der Waals surface area contributed by atoms with E-state index in [-0.39, 0.29) is 12.3 Å². The second-order valence-corrected chi connectivity index (χ2v) is 4.65. The average Bonchev–Trinajstić information content (AvgIpc) is 2.83. The van der Waals surface area contributed by atoms with Gasteiger partial charge in [-0.15, -0.1) is 0 Å². The molecule has 21 heavy (non-hydrogen) atoms. The standard InChI is InChI=1S/C14H14FN5O/c15-10-5-8(1-2-11(10)16)9-6-20(3-4-21)14-12(9)13(17)18-7-19-14/h1-2,5-7,21H,3-4,16H2,(H2,17,18,19). The van der Waals surface area contributed by atoms with E-state index in [1.54, 1.807) is 16.8 Å². The highest BCUT2D eigenvalue weighted by molar-refractivity contribution is 6.00. The second kappa shape index (κ2) is 5.02. The Bertz CT molecular complexity index is 814. The van der Waals surface area contributed by atoms with Crippen LogP contribution in [0, 0.1) is 5.82 Å². The number of aromatic nitrogens is 3. The topological polar surface area (TPSA) is 103 Å². The van der Waals surface area contributed by atoms with Crippen molar-refractivity contribution in [3.05, 3.63) is 36.5 Å². The fourth-order valence-corrected chi connectivity index (χ4v) is 2.34. The summed E-state index contributed by atoms with van der Waals surface area (Å²) < 4.78 is 15.4. The van der Waals surface area contributed by atoms with Crippen LogP contribution in [0.3, 0.4) is 0 Å². The van der Waals surface area contributed by atoms with E-state index in [0.29, 0.717) is 34.5 Å². The smallest absolute Gasteiger partial charge is 0.146 e. The van der Waals surface area contributed by atoms with Gasteiger partial charge in [0.25, 0.3) is 0 Å². The molecule has 0 radical (unpaired) electrons. The first-order valence-corrected chi connectivity index (χ1v) is 6.37. The van der Waals surface area contributed by atoms with Gasteiger partial charge < -0.3 is 21.1 Å². The highest BCUT2D eigenvalue weighted by Gasteiger charge is 2.15. The predicted octanol–water partition coefficient (Wildman–Crippen LogP) is 1.39. The molecule has 0 amide bonds. The maximum atomic E-state index is 13.7. The molecule has 2 heterocycles. The lowest BCUT2D eigenvalue weighted by molar-refractivity contribution is 0.278. The van der Waals surface area contributed by atoms with Gasteiger partial charge in [0.2, 0.25) is 0 Å². The van der Waals surface area contributed by atoms with Crippen LogP contribution in [0.25, 0.3) is 22.2 Å². The average molecular weight is 287 g/mol. The maximum absolute atomic E-state index is 13.7. The summed E-state index contributed by atoms with van der Waals surface area (Å²) in [5, 5.41) is 9.77. The van der Waals surface area contributed by atoms with E-state index in [4.69, 9.17) is 16.6 Å². The van der Waals surface area contributed by atoms with E-state index < -0.39 is 5.82 Å². The van der Waals surface area contributed by atoms with Crippen molar-refractivity contribution >= 4 is 22.5 Å². The second-order valence-electron chi connectivity index (χ2n) is 4.65. The number of nitrogen functional groups attached to an aromatic ring is 2. The number of anilines is 2. The molecule has 2 aromatic heterocycles. The molecule has 1 aromatic carbocycles. The Kier molecular flexibility index (Phi) is 3.19. The van der Waals surface area contributed by atoms with Crippen molar-refractivity contribution in [1.82, 2.24) is 14.5 Å². The van der Waals surface area contributed by atoms with Crippen LogP contribution >= 0.6 is 0 Å². The predicted molar refractivity (Wildman–Crippen MR) is 78.8 cm³/mol. The molecule has 3 rings (SSSR count). The number of hydrogen-bond acceptors (Lipinski definition) is 5. The number of rotatable bonds is 3. The minimum absolute atomic E-state index is 0.0385. The van der Waals surface area contributed by atoms with Crippen molar-refractivity contribution in [2.45, 2.75) is 6.54 Å². The van der Waals surface area contributed by atoms with E-state index in [1.165, 1.54) is 18.5 Å². The number of nitrogens with zero attached hydrogens (tertiary/aromatic N) is 3. The monoisotopic (exact) mass is 287 g/mol. The summed E-state index contributed by atoms with van der Waals surface area (Å²) in [6.07, 6.45) is 3.13. The molecule has 3 aromatic rings. The molecule has 0 spiro atoms. The summed E-state index contributed by atoms with van der Waals surface area (Å²) in [5.74, 6) is -0.185. The van der Waals surface area contributed by atoms with Crippen molar-refractivity contribution in [2.24, 2.45) is 0 Å². The van der Waals surface area contributed by atoms with Crippen LogP contribution in [0.1, 0.15) is 0 Å². The molecule has 7 heteroatoms. The SMILES string of the molecule is Nc1ccc(-c2cn(CCO)c3ncnc(N)c23)cc1F. The van der Waals surface area contributed by atoms with Gasteiger partial charge in [-0.25, -0.2) is 14.4 Å². The van der Waals surface area contributed by atoms with Gasteiger partial charge in [0.05, 0.1) is 17.7 Å². The largest absolute Gasteiger partial charge is 0.396 e. The fourth-order valence-electron chi connectivity index (χ4n) is 2.34. The number of benzene rings is 1. The molecular formula is C14H14FN5O. The molecule has 0 saturated heterocycles. The molecule has 6 nitrogen and oxygen atoms in total. The maximum Gasteiger partial charge on any atom is 0.146 e. The molecule has 0 saturated carbocycles. The quantitative estimate of drug-likeness (QED) is 0.632. The van der Waals surface area contributed by atoms with E-state index >= 15 is 0 Å². The fraction of sp³-hybridized carbons (Fsp3) is 0.143. The first-order valence-electron chi connectivity index (χ1n) is 6.37. The first kappa shape index (κ1) is 13.3. The first-order chi connectivity index (χ1) is 10.1. The number of fused-ring (bicyclic) bond motifs is 1. The van der Waals surface area contributed by atoms with Crippen LogP contribution in [-0.4, -0.2) is 26.2 Å². The summed E-state index contributed by atoms with van der Waals surface area (Å²) in [7, 11) is 0. The molecule has 0 atom stereocenters. The summed E-state index contributed by atoms with van der Waals surface area (Å²) in [4.78, 5) is 8.17. The van der Waals surface area contributed by atoms with Crippen molar-refractivity contribution in [2.75, 3.05) is 18.1 Å². The summed E-state index contributed by atoms with van der Waals surface area (Å²) in [6, 6.07) is 4.56. The van der Waals surface area contributed by atoms with Crippen LogP contribution in [0.2, 0.25) is 0 Å². The van der Waals surface area contributed by atoms with E-state index in [2.05, 4.69) is 9.97 Å². The third-order valence-electron chi connectivity index (χ3n) is 3.34. The Morgan fingerprint density at radius 3 is 2.76 bits per heavy atom. The molecule has 0 bridgehead atoms. The third kappa shape index (κ3) is 2.17. The number of nitrogens with two attached hydrogens (primary N) is 2. The number of aliphatic hydroxyl groups excluding tert-OH is 1. The van der Waals surface area contributed by atoms with Crippen LogP contribution in [0.15, 0.2) is 30.7 Å². The molecule has 0 fully saturated rings. The lowest BCUT2D eigenvalue weighted by Crippen LogP contribution is -2.02. The van der Waals surface area contributed by atoms with E-state index in [0.717, 1.165) is 0 Å². The van der Waals surface area contributed by atoms with Crippen molar-refractivity contribution in [3.63, 3.8) is 0 Å². The van der Waals surface area contributed by atoms with Crippen LogP contribution in [-0.2, 0) is 6.54 Å². The molecule has 5 N–H and O–H groups in total. The Morgan fingerprint density at radius 2 is 2.05 bits per heavy atom. The van der Waals surface area contributed by atoms with Gasteiger partial charge in [-0.2, -0.15) is 0 Å². The number of aliphatic hydroxyl groups is 1. The molecular weight excluding hydrogens is 273 g/mol. The van der Waals surface area contributed by atoms with Crippen molar-refractivity contribution in [1.29, 1.82) is 0 Å². The minimum Gasteiger partial charge on any atom is -0.396 e. The third-order valence-corrected chi connectivity index (χ3v) is 3.34. The van der Waals surface area contributed by atoms with Gasteiger partial charge in [0.15, 0.2) is 0 Å². The Balaban J connectivity index is 2.28. The van der Waals surface area contributed by atoms with Crippen molar-refractivity contribution in [3.8, 4) is 11.1 Å². The van der Waals surface area contributed by atoms with Crippen LogP contribution < -0.4 is 11.5 Å². The summed E-state index contributed by atoms with van der Waals surface area (Å²) >= 11 is 0. The minimum atomic E-state index is -0.494. The summed E-state index contributed by atoms with van der Waals surface area (Å²) in [5.41, 5.74) is 13.4. The van der Waals surface area contributed by atoms with Crippen LogP contribution in [0.4, 0.5) is 15.9 Å². The Hall–Kier alpha value is -2.67. The molecule has 0 aliphatic heterocycles. The molecule has 0 unspecified atom stereocenters. The normalized spacial score (nSPS) is 11.1. The zero-order chi connectivity index (χ0) is 15.0. The molecule has 0 aliphatic carbocycles. The Labute approximate surface area is 119 Å². The van der Waals surface area contributed by atoms with E-state index in [1.807, 2.05) is 0 Å². The van der Waals surface area contributed by atoms with Gasteiger partial charge in [0.1, 0.15) is 23.6 Å². The van der Waals surface area contributed by atoms with Gasteiger partial charge in [-0.1, -0.05) is 6.07 Å². The van der Waals surface area contributed by atoms with Gasteiger partial charge >= 0.3 is 0 Å². The lowest BCUT2D eigenvalue weighted by atomic mass is 10.1. The zero-order valence-electron chi connectivity index (χ0n) is 11.1. The van der Waals surface area contributed by atoms with Gasteiger partial charge in [-0.3, -0.25) is 0 Å². The van der Waals surface area contributed by atoms with Gasteiger partial charge in [0, 0.05) is 18.3 Å². The highest BCUT2D eigenvalue weighted by Crippen LogP contribution is 2.33. The number of halogens is 1. The Morgan fingerprint density at radius 1 is 1.24 bits per heavy atom. The number of hydrogen-bond donors (Lipinski definition) is 3. The van der Waals surface area contributed by atoms with Gasteiger partial charge in [-0.05, 0) is 17.7 Å². The van der Waals surface area contributed by atoms with Crippen LogP contribution in [0.5, 0.6) is 0 Å².